The second-order valence-corrected chi connectivity index (χ2v) is 9.59. The molecule has 0 amide bonds. The van der Waals surface area contributed by atoms with Crippen LogP contribution < -0.4 is 14.7 Å². The van der Waals surface area contributed by atoms with Gasteiger partial charge in [-0.15, -0.1) is 0 Å². The Balaban J connectivity index is 0.00000117. The molecule has 0 unspecified atom stereocenters. The van der Waals surface area contributed by atoms with Gasteiger partial charge in [0.05, 0.1) is 16.7 Å². The van der Waals surface area contributed by atoms with E-state index in [1.165, 1.54) is 36.5 Å². The van der Waals surface area contributed by atoms with E-state index in [2.05, 4.69) is 9.97 Å². The first-order chi connectivity index (χ1) is 22.2. The minimum absolute atomic E-state index is 0. The van der Waals surface area contributed by atoms with Crippen LogP contribution in [0.15, 0.2) is 73.1 Å². The van der Waals surface area contributed by atoms with Crippen molar-refractivity contribution in [2.45, 2.75) is 93.0 Å². The molecule has 0 spiro atoms. The van der Waals surface area contributed by atoms with Crippen molar-refractivity contribution < 1.29 is 45.8 Å². The summed E-state index contributed by atoms with van der Waals surface area (Å²) in [6.45, 7) is 17.6. The molecule has 1 aliphatic rings. The number of aromatic carboxylic acids is 1. The summed E-state index contributed by atoms with van der Waals surface area (Å²) in [5, 5.41) is 10.1. The molecule has 3 heterocycles. The van der Waals surface area contributed by atoms with Gasteiger partial charge in [0, 0.05) is 36.1 Å². The fourth-order valence-electron chi connectivity index (χ4n) is 5.17. The van der Waals surface area contributed by atoms with Crippen LogP contribution in [-0.2, 0) is 17.9 Å². The summed E-state index contributed by atoms with van der Waals surface area (Å²) < 4.78 is 81.4. The molecule has 0 bridgehead atoms. The fraction of sp³-hybridized carbons (Fsp3) is 0.389. The first-order valence-corrected chi connectivity index (χ1v) is 15.7. The monoisotopic (exact) mass is 752 g/mol. The zero-order valence-corrected chi connectivity index (χ0v) is 32.5. The minimum atomic E-state index is -4.48. The number of benzene rings is 2. The molecule has 0 radical (unpaired) electrons. The average Bonchev–Trinajstić information content (AvgIpc) is 3.36. The first kappa shape index (κ1) is 45.2. The van der Waals surface area contributed by atoms with Gasteiger partial charge in [0.25, 0.3) is 0 Å². The summed E-state index contributed by atoms with van der Waals surface area (Å²) in [7, 11) is 0. The number of carboxylic acid groups (broad SMARTS) is 1. The molecule has 48 heavy (non-hydrogen) atoms. The van der Waals surface area contributed by atoms with E-state index in [9.17, 15) is 36.2 Å². The van der Waals surface area contributed by atoms with Gasteiger partial charge in [-0.05, 0) is 43.3 Å². The molecule has 12 heteroatoms. The molecule has 0 fully saturated rings. The van der Waals surface area contributed by atoms with E-state index < -0.39 is 35.0 Å². The van der Waals surface area contributed by atoms with Gasteiger partial charge >= 0.3 is 57.8 Å². The predicted molar refractivity (Wildman–Crippen MR) is 175 cm³/mol. The van der Waals surface area contributed by atoms with Gasteiger partial charge in [-0.3, -0.25) is 0 Å². The fourth-order valence-corrected chi connectivity index (χ4v) is 5.17. The van der Waals surface area contributed by atoms with Crippen molar-refractivity contribution in [1.82, 2.24) is 4.98 Å². The molecule has 0 saturated carbocycles. The Morgan fingerprint density at radius 1 is 0.833 bits per heavy atom. The van der Waals surface area contributed by atoms with Crippen LogP contribution in [0.5, 0.6) is 0 Å². The third-order valence-electron chi connectivity index (χ3n) is 7.22. The predicted octanol–water partition coefficient (Wildman–Crippen LogP) is 8.49. The van der Waals surface area contributed by atoms with Crippen LogP contribution in [-0.4, -0.2) is 56.4 Å². The van der Waals surface area contributed by atoms with Crippen LogP contribution in [0.25, 0.3) is 22.5 Å². The zero-order valence-electron chi connectivity index (χ0n) is 29.0. The number of nitrogens with one attached hydrogen (secondary N) is 1. The molecule has 0 aliphatic carbocycles. The van der Waals surface area contributed by atoms with E-state index in [4.69, 9.17) is 0 Å². The van der Waals surface area contributed by atoms with Crippen LogP contribution in [0.1, 0.15) is 101 Å². The van der Waals surface area contributed by atoms with Gasteiger partial charge in [0.1, 0.15) is 17.4 Å². The van der Waals surface area contributed by atoms with E-state index >= 15 is 0 Å². The van der Waals surface area contributed by atoms with Crippen LogP contribution in [0.4, 0.5) is 26.3 Å². The van der Waals surface area contributed by atoms with Crippen LogP contribution in [0, 0.1) is 6.92 Å². The standard InChI is InChI=1S/C24H21F6N2.C6H5NO2.3C2H6.Sr/c1-4-22(5-2)19-12-17(24(28,29)30)10-11-18(19)21-20(31-14(3)13-32(21)22)15-6-8-16(9-7-15)23(25,26)27;8-6(9)5-3-1-2-4-7-5;3*1-2;/h6-13H,4-5H2,1-3H3;1-4H,(H,8,9);3*1-2H3;/q+1;;;;;+2. The molecule has 5 rings (SSSR count). The quantitative estimate of drug-likeness (QED) is 0.119. The maximum atomic E-state index is 13.5. The second-order valence-electron chi connectivity index (χ2n) is 9.59. The molecule has 2 aromatic carbocycles. The number of halogens is 6. The largest absolute Gasteiger partial charge is 2.00 e. The molecule has 256 valence electrons. The number of hydrogen-bond acceptors (Lipinski definition) is 3. The van der Waals surface area contributed by atoms with Crippen molar-refractivity contribution in [3.63, 3.8) is 0 Å². The number of aromatic nitrogens is 3. The summed E-state index contributed by atoms with van der Waals surface area (Å²) >= 11 is 0. The summed E-state index contributed by atoms with van der Waals surface area (Å²) in [4.78, 5) is 17.2. The van der Waals surface area contributed by atoms with Crippen molar-refractivity contribution in [2.24, 2.45) is 0 Å². The Hall–Kier alpha value is -2.80. The summed E-state index contributed by atoms with van der Waals surface area (Å²) in [6, 6.07) is 13.1. The van der Waals surface area contributed by atoms with Crippen LogP contribution in [0.3, 0.4) is 0 Å². The Labute approximate surface area is 316 Å². The van der Waals surface area contributed by atoms with Gasteiger partial charge < -0.3 is 9.90 Å². The second kappa shape index (κ2) is 20.0. The molecule has 4 aromatic rings. The zero-order chi connectivity index (χ0) is 36.2. The van der Waals surface area contributed by atoms with E-state index in [1.807, 2.05) is 66.2 Å². The molecule has 0 saturated heterocycles. The van der Waals surface area contributed by atoms with E-state index in [1.54, 1.807) is 19.1 Å². The van der Waals surface area contributed by atoms with E-state index in [0.29, 0.717) is 46.6 Å². The molecule has 0 atom stereocenters. The summed E-state index contributed by atoms with van der Waals surface area (Å²) in [5.41, 5.74) is 1.21. The van der Waals surface area contributed by atoms with Gasteiger partial charge in [-0.25, -0.2) is 9.97 Å². The first-order valence-electron chi connectivity index (χ1n) is 15.7. The maximum absolute atomic E-state index is 13.5. The van der Waals surface area contributed by atoms with Crippen molar-refractivity contribution in [3.8, 4) is 22.5 Å². The summed E-state index contributed by atoms with van der Waals surface area (Å²) in [6.07, 6.45) is -4.51. The number of aryl methyl sites for hydroxylation is 1. The normalized spacial score (nSPS) is 12.0. The number of rotatable bonds is 4. The van der Waals surface area contributed by atoms with E-state index in [0.717, 1.165) is 18.2 Å². The molecular formula is C36H44F6N3O2Sr+3. The smallest absolute Gasteiger partial charge is 0.539 e. The number of hydrogen-bond donors (Lipinski definition) is 0. The number of H-pyrrole nitrogens is 1. The van der Waals surface area contributed by atoms with Gasteiger partial charge in [0.15, 0.2) is 17.9 Å². The Morgan fingerprint density at radius 2 is 1.35 bits per heavy atom. The topological polar surface area (TPSA) is 71.0 Å². The number of nitrogens with zero attached hydrogens (tertiary/aromatic N) is 2. The number of aromatic amines is 1. The third-order valence-corrected chi connectivity index (χ3v) is 7.22. The van der Waals surface area contributed by atoms with Gasteiger partial charge in [-0.2, -0.15) is 30.9 Å². The maximum Gasteiger partial charge on any atom is 2.00 e. The average molecular weight is 752 g/mol. The van der Waals surface area contributed by atoms with Gasteiger partial charge in [0.2, 0.25) is 11.4 Å². The molecule has 1 aliphatic heterocycles. The Kier molecular flexibility index (Phi) is 18.8. The Morgan fingerprint density at radius 3 is 1.77 bits per heavy atom. The van der Waals surface area contributed by atoms with Crippen molar-refractivity contribution >= 4 is 51.5 Å². The minimum Gasteiger partial charge on any atom is -0.539 e. The molecule has 1 N–H and O–H groups in total. The van der Waals surface area contributed by atoms with Crippen LogP contribution >= 0.6 is 0 Å². The number of carboxylic acids is 1. The van der Waals surface area contributed by atoms with Crippen molar-refractivity contribution in [2.75, 3.05) is 0 Å². The SMILES string of the molecule is CC.CC.CC.CCC1(CC)c2cc(C(F)(F)F)ccc2-c2c(-c3ccc(C(F)(F)F)cc3)nc(C)c[n+]21.O=C([O-])c1cccc[nH+]1.[Sr+2]. The number of carbonyl (C=O) groups excluding carboxylic acids is 1. The number of carbonyl (C=O) groups is 1. The third kappa shape index (κ3) is 10.4. The van der Waals surface area contributed by atoms with Crippen molar-refractivity contribution in [3.05, 3.63) is 101 Å². The van der Waals surface area contributed by atoms with Gasteiger partial charge in [-0.1, -0.05) is 67.5 Å². The van der Waals surface area contributed by atoms with E-state index in [-0.39, 0.29) is 51.2 Å². The number of alkyl halides is 6. The van der Waals surface area contributed by atoms with Crippen molar-refractivity contribution in [1.29, 1.82) is 0 Å². The molecule has 2 aromatic heterocycles. The summed E-state index contributed by atoms with van der Waals surface area (Å²) in [5.74, 6) is -1.18. The number of fused-ring (bicyclic) bond motifs is 3. The molecule has 5 nitrogen and oxygen atoms in total. The number of pyridine rings is 1. The van der Waals surface area contributed by atoms with Crippen LogP contribution in [0.2, 0.25) is 0 Å². The molecular weight excluding hydrogens is 708 g/mol. The Bertz CT molecular complexity index is 1570.